The van der Waals surface area contributed by atoms with Gasteiger partial charge in [0.05, 0.1) is 12.8 Å². The largest absolute Gasteiger partial charge is 0.465 e. The fraction of sp³-hybridized carbons (Fsp3) is 0.300. The van der Waals surface area contributed by atoms with Crippen LogP contribution in [-0.2, 0) is 11.2 Å². The highest BCUT2D eigenvalue weighted by molar-refractivity contribution is 5.97. The molecule has 0 bridgehead atoms. The smallest absolute Gasteiger partial charge is 0.342 e. The summed E-state index contributed by atoms with van der Waals surface area (Å²) in [4.78, 5) is 11.3. The number of methoxy groups -OCH3 is 1. The molecule has 1 aromatic rings. The number of ether oxygens (including phenoxy) is 1. The molecule has 0 saturated heterocycles. The van der Waals surface area contributed by atoms with Crippen LogP contribution in [0.5, 0.6) is 0 Å². The summed E-state index contributed by atoms with van der Waals surface area (Å²) in [5.41, 5.74) is 1.56. The summed E-state index contributed by atoms with van der Waals surface area (Å²) in [5.74, 6) is -1.17. The highest BCUT2D eigenvalue weighted by Crippen LogP contribution is 2.28. The van der Waals surface area contributed by atoms with E-state index in [0.29, 0.717) is 5.69 Å². The topological polar surface area (TPSA) is 38.3 Å². The number of rotatable bonds is 1. The second-order valence-corrected chi connectivity index (χ2v) is 3.12. The normalized spacial score (nSPS) is 13.3. The first-order valence-corrected chi connectivity index (χ1v) is 4.37. The van der Waals surface area contributed by atoms with E-state index in [1.807, 2.05) is 0 Å². The van der Waals surface area contributed by atoms with Gasteiger partial charge in [-0.15, -0.1) is 0 Å². The summed E-state index contributed by atoms with van der Waals surface area (Å²) >= 11 is 0. The van der Waals surface area contributed by atoms with E-state index < -0.39 is 11.8 Å². The molecular weight excluding hydrogens is 185 g/mol. The van der Waals surface area contributed by atoms with Crippen LogP contribution in [0.25, 0.3) is 0 Å². The average molecular weight is 195 g/mol. The van der Waals surface area contributed by atoms with Crippen molar-refractivity contribution in [3.8, 4) is 0 Å². The molecule has 1 aliphatic rings. The fourth-order valence-corrected chi connectivity index (χ4v) is 1.65. The summed E-state index contributed by atoms with van der Waals surface area (Å²) in [6, 6.07) is 3.00. The Bertz CT molecular complexity index is 390. The van der Waals surface area contributed by atoms with Crippen LogP contribution in [0.1, 0.15) is 15.9 Å². The quantitative estimate of drug-likeness (QED) is 0.691. The summed E-state index contributed by atoms with van der Waals surface area (Å²) in [6.45, 7) is 0.739. The maximum Gasteiger partial charge on any atom is 0.342 e. The first-order valence-electron chi connectivity index (χ1n) is 4.37. The van der Waals surface area contributed by atoms with Crippen molar-refractivity contribution in [1.29, 1.82) is 0 Å². The third-order valence-corrected chi connectivity index (χ3v) is 2.33. The van der Waals surface area contributed by atoms with E-state index in [-0.39, 0.29) is 5.56 Å². The van der Waals surface area contributed by atoms with Crippen LogP contribution >= 0.6 is 0 Å². The summed E-state index contributed by atoms with van der Waals surface area (Å²) in [5, 5.41) is 2.98. The van der Waals surface area contributed by atoms with E-state index in [1.54, 1.807) is 6.07 Å². The van der Waals surface area contributed by atoms with Crippen molar-refractivity contribution in [3.05, 3.63) is 29.1 Å². The Kier molecular flexibility index (Phi) is 2.11. The van der Waals surface area contributed by atoms with Gasteiger partial charge in [0.2, 0.25) is 0 Å². The van der Waals surface area contributed by atoms with Crippen LogP contribution < -0.4 is 5.32 Å². The van der Waals surface area contributed by atoms with E-state index in [2.05, 4.69) is 10.1 Å². The van der Waals surface area contributed by atoms with E-state index in [1.165, 1.54) is 13.2 Å². The lowest BCUT2D eigenvalue weighted by Crippen LogP contribution is -2.08. The van der Waals surface area contributed by atoms with Gasteiger partial charge in [0.1, 0.15) is 11.4 Å². The molecule has 0 radical (unpaired) electrons. The molecular formula is C10H10FNO2. The summed E-state index contributed by atoms with van der Waals surface area (Å²) in [6.07, 6.45) is 0.819. The van der Waals surface area contributed by atoms with Crippen LogP contribution in [0.2, 0.25) is 0 Å². The Morgan fingerprint density at radius 3 is 3.07 bits per heavy atom. The highest BCUT2D eigenvalue weighted by atomic mass is 19.1. The SMILES string of the molecule is COC(=O)c1c(F)ccc2c1NCC2. The Morgan fingerprint density at radius 2 is 2.36 bits per heavy atom. The van der Waals surface area contributed by atoms with Gasteiger partial charge in [-0.2, -0.15) is 0 Å². The number of halogens is 1. The number of carbonyl (C=O) groups is 1. The molecule has 74 valence electrons. The van der Waals surface area contributed by atoms with Crippen molar-refractivity contribution in [3.63, 3.8) is 0 Å². The molecule has 0 amide bonds. The van der Waals surface area contributed by atoms with Gasteiger partial charge < -0.3 is 10.1 Å². The molecule has 0 aliphatic carbocycles. The number of hydrogen-bond donors (Lipinski definition) is 1. The Labute approximate surface area is 80.9 Å². The lowest BCUT2D eigenvalue weighted by molar-refractivity contribution is 0.0596. The predicted molar refractivity (Wildman–Crippen MR) is 49.9 cm³/mol. The van der Waals surface area contributed by atoms with Gasteiger partial charge in [0.15, 0.2) is 0 Å². The van der Waals surface area contributed by atoms with Gasteiger partial charge in [-0.1, -0.05) is 6.07 Å². The molecule has 4 heteroatoms. The zero-order chi connectivity index (χ0) is 10.1. The molecule has 14 heavy (non-hydrogen) atoms. The maximum atomic E-state index is 13.3. The van der Waals surface area contributed by atoms with E-state index in [9.17, 15) is 9.18 Å². The molecule has 2 rings (SSSR count). The highest BCUT2D eigenvalue weighted by Gasteiger charge is 2.23. The van der Waals surface area contributed by atoms with Gasteiger partial charge >= 0.3 is 5.97 Å². The van der Waals surface area contributed by atoms with Crippen molar-refractivity contribution in [2.75, 3.05) is 19.0 Å². The number of esters is 1. The van der Waals surface area contributed by atoms with Crippen molar-refractivity contribution in [2.45, 2.75) is 6.42 Å². The van der Waals surface area contributed by atoms with Crippen LogP contribution in [0.3, 0.4) is 0 Å². The molecule has 3 nitrogen and oxygen atoms in total. The van der Waals surface area contributed by atoms with E-state index in [0.717, 1.165) is 18.5 Å². The minimum atomic E-state index is -0.631. The van der Waals surface area contributed by atoms with Crippen molar-refractivity contribution in [2.24, 2.45) is 0 Å². The van der Waals surface area contributed by atoms with Crippen LogP contribution in [0, 0.1) is 5.82 Å². The van der Waals surface area contributed by atoms with E-state index in [4.69, 9.17) is 0 Å². The number of fused-ring (bicyclic) bond motifs is 1. The summed E-state index contributed by atoms with van der Waals surface area (Å²) in [7, 11) is 1.25. The third kappa shape index (κ3) is 1.23. The van der Waals surface area contributed by atoms with Crippen molar-refractivity contribution >= 4 is 11.7 Å². The van der Waals surface area contributed by atoms with Crippen molar-refractivity contribution < 1.29 is 13.9 Å². The lowest BCUT2D eigenvalue weighted by atomic mass is 10.1. The van der Waals surface area contributed by atoms with Crippen LogP contribution in [-0.4, -0.2) is 19.6 Å². The maximum absolute atomic E-state index is 13.3. The Morgan fingerprint density at radius 1 is 1.57 bits per heavy atom. The average Bonchev–Trinajstić information content (AvgIpc) is 2.64. The van der Waals surface area contributed by atoms with Crippen LogP contribution in [0.4, 0.5) is 10.1 Å². The Balaban J connectivity index is 2.57. The molecule has 0 unspecified atom stereocenters. The Hall–Kier alpha value is -1.58. The zero-order valence-electron chi connectivity index (χ0n) is 7.76. The minimum absolute atomic E-state index is 0.0162. The lowest BCUT2D eigenvalue weighted by Gasteiger charge is -2.07. The molecule has 0 atom stereocenters. The fourth-order valence-electron chi connectivity index (χ4n) is 1.65. The molecule has 0 fully saturated rings. The number of hydrogen-bond acceptors (Lipinski definition) is 3. The monoisotopic (exact) mass is 195 g/mol. The zero-order valence-corrected chi connectivity index (χ0v) is 7.76. The summed E-state index contributed by atoms with van der Waals surface area (Å²) < 4.78 is 17.9. The van der Waals surface area contributed by atoms with Gasteiger partial charge in [0, 0.05) is 6.54 Å². The molecule has 0 aromatic heterocycles. The third-order valence-electron chi connectivity index (χ3n) is 2.33. The molecule has 1 heterocycles. The first kappa shape index (κ1) is 8.99. The number of benzene rings is 1. The first-order chi connectivity index (χ1) is 6.74. The molecule has 0 spiro atoms. The van der Waals surface area contributed by atoms with Gasteiger partial charge in [-0.25, -0.2) is 9.18 Å². The molecule has 0 saturated carbocycles. The molecule has 1 aromatic carbocycles. The second-order valence-electron chi connectivity index (χ2n) is 3.12. The van der Waals surface area contributed by atoms with Gasteiger partial charge in [0.25, 0.3) is 0 Å². The number of anilines is 1. The van der Waals surface area contributed by atoms with Gasteiger partial charge in [-0.3, -0.25) is 0 Å². The second kappa shape index (κ2) is 3.29. The van der Waals surface area contributed by atoms with E-state index >= 15 is 0 Å². The number of nitrogens with one attached hydrogen (secondary N) is 1. The standard InChI is InChI=1S/C10H10FNO2/c1-14-10(13)8-7(11)3-2-6-4-5-12-9(6)8/h2-3,12H,4-5H2,1H3. The van der Waals surface area contributed by atoms with Crippen LogP contribution in [0.15, 0.2) is 12.1 Å². The molecule has 1 N–H and O–H groups in total. The van der Waals surface area contributed by atoms with Gasteiger partial charge in [-0.05, 0) is 18.1 Å². The molecule has 1 aliphatic heterocycles. The minimum Gasteiger partial charge on any atom is -0.465 e. The number of carbonyl (C=O) groups excluding carboxylic acids is 1. The predicted octanol–water partition coefficient (Wildman–Crippen LogP) is 1.58. The van der Waals surface area contributed by atoms with Crippen molar-refractivity contribution in [1.82, 2.24) is 0 Å².